The lowest BCUT2D eigenvalue weighted by molar-refractivity contribution is -0.117. The summed E-state index contributed by atoms with van der Waals surface area (Å²) in [6.45, 7) is 9.57. The number of carbonyl (C=O) groups excluding carboxylic acids is 1. The number of anilines is 1. The Morgan fingerprint density at radius 1 is 1.14 bits per heavy atom. The van der Waals surface area contributed by atoms with E-state index in [0.29, 0.717) is 24.0 Å². The lowest BCUT2D eigenvalue weighted by atomic mass is 10.1. The minimum absolute atomic E-state index is 0.0877. The molecule has 0 saturated heterocycles. The summed E-state index contributed by atoms with van der Waals surface area (Å²) in [5, 5.41) is 3.53. The van der Waals surface area contributed by atoms with Crippen LogP contribution in [0.4, 0.5) is 5.69 Å². The van der Waals surface area contributed by atoms with Crippen LogP contribution in [-0.4, -0.2) is 28.9 Å². The number of nitrogens with one attached hydrogen (secondary N) is 1. The molecule has 1 amide bonds. The van der Waals surface area contributed by atoms with Crippen LogP contribution in [0, 0.1) is 20.8 Å². The molecule has 0 unspecified atom stereocenters. The second-order valence-corrected chi connectivity index (χ2v) is 7.71. The summed E-state index contributed by atoms with van der Waals surface area (Å²) in [7, 11) is 0. The van der Waals surface area contributed by atoms with Crippen LogP contribution >= 0.6 is 11.6 Å². The summed E-state index contributed by atoms with van der Waals surface area (Å²) in [6.07, 6.45) is 1.66. The lowest BCUT2D eigenvalue weighted by Gasteiger charge is -2.19. The monoisotopic (exact) mass is 411 g/mol. The highest BCUT2D eigenvalue weighted by Crippen LogP contribution is 2.24. The largest absolute Gasteiger partial charge is 0.444 e. The number of likely N-dealkylation sites (N-methyl/N-ethyl adjacent to an activating group) is 1. The number of hydrogen-bond donors (Lipinski definition) is 1. The van der Waals surface area contributed by atoms with Gasteiger partial charge in [-0.15, -0.1) is 0 Å². The second kappa shape index (κ2) is 9.25. The number of halogens is 1. The Hall–Kier alpha value is -2.63. The second-order valence-electron chi connectivity index (χ2n) is 7.27. The van der Waals surface area contributed by atoms with Gasteiger partial charge in [-0.1, -0.05) is 42.3 Å². The van der Waals surface area contributed by atoms with Gasteiger partial charge < -0.3 is 9.73 Å². The third-order valence-electron chi connectivity index (χ3n) is 4.84. The SMILES string of the molecule is CCN(CC(=O)Nc1cc(Cl)ccc1C)Cc1coc(-c2ccc(C)cc2C)n1. The van der Waals surface area contributed by atoms with Crippen molar-refractivity contribution < 1.29 is 9.21 Å². The van der Waals surface area contributed by atoms with Crippen LogP contribution in [0.2, 0.25) is 5.02 Å². The zero-order valence-electron chi connectivity index (χ0n) is 17.3. The molecule has 0 aliphatic carbocycles. The molecule has 1 aromatic heterocycles. The van der Waals surface area contributed by atoms with E-state index in [0.717, 1.165) is 28.1 Å². The molecule has 0 aliphatic heterocycles. The maximum absolute atomic E-state index is 12.5. The molecule has 0 bridgehead atoms. The first-order valence-electron chi connectivity index (χ1n) is 9.66. The minimum Gasteiger partial charge on any atom is -0.444 e. The number of benzene rings is 2. The summed E-state index contributed by atoms with van der Waals surface area (Å²) in [4.78, 5) is 19.1. The smallest absolute Gasteiger partial charge is 0.238 e. The van der Waals surface area contributed by atoms with Crippen molar-refractivity contribution in [1.82, 2.24) is 9.88 Å². The number of rotatable bonds is 7. The van der Waals surface area contributed by atoms with E-state index >= 15 is 0 Å². The molecule has 152 valence electrons. The number of nitrogens with zero attached hydrogens (tertiary/aromatic N) is 2. The first kappa shape index (κ1) is 21.1. The fourth-order valence-corrected chi connectivity index (χ4v) is 3.36. The van der Waals surface area contributed by atoms with E-state index in [1.165, 1.54) is 5.56 Å². The van der Waals surface area contributed by atoms with E-state index in [4.69, 9.17) is 16.0 Å². The highest BCUT2D eigenvalue weighted by atomic mass is 35.5. The Labute approximate surface area is 176 Å². The van der Waals surface area contributed by atoms with E-state index in [1.807, 2.05) is 49.9 Å². The molecule has 0 aliphatic rings. The molecule has 0 radical (unpaired) electrons. The fourth-order valence-electron chi connectivity index (χ4n) is 3.19. The quantitative estimate of drug-likeness (QED) is 0.567. The average Bonchev–Trinajstić information content (AvgIpc) is 3.12. The molecule has 29 heavy (non-hydrogen) atoms. The van der Waals surface area contributed by atoms with Crippen molar-refractivity contribution >= 4 is 23.2 Å². The zero-order valence-corrected chi connectivity index (χ0v) is 18.0. The molecule has 0 saturated carbocycles. The van der Waals surface area contributed by atoms with Crippen molar-refractivity contribution in [2.75, 3.05) is 18.4 Å². The van der Waals surface area contributed by atoms with Gasteiger partial charge in [0.25, 0.3) is 0 Å². The molecule has 3 aromatic rings. The molecule has 2 aromatic carbocycles. The lowest BCUT2D eigenvalue weighted by Crippen LogP contribution is -2.33. The molecule has 1 N–H and O–H groups in total. The van der Waals surface area contributed by atoms with Crippen molar-refractivity contribution in [3.05, 3.63) is 70.1 Å². The summed E-state index contributed by atoms with van der Waals surface area (Å²) in [5.41, 5.74) is 5.82. The van der Waals surface area contributed by atoms with Crippen molar-refractivity contribution in [3.63, 3.8) is 0 Å². The van der Waals surface area contributed by atoms with Crippen LogP contribution in [0.5, 0.6) is 0 Å². The third-order valence-corrected chi connectivity index (χ3v) is 5.07. The van der Waals surface area contributed by atoms with Gasteiger partial charge in [0.1, 0.15) is 6.26 Å². The van der Waals surface area contributed by atoms with Gasteiger partial charge in [-0.05, 0) is 56.6 Å². The van der Waals surface area contributed by atoms with Crippen LogP contribution in [0.1, 0.15) is 29.3 Å². The van der Waals surface area contributed by atoms with Gasteiger partial charge in [-0.3, -0.25) is 9.69 Å². The van der Waals surface area contributed by atoms with Gasteiger partial charge in [0, 0.05) is 22.8 Å². The zero-order chi connectivity index (χ0) is 21.0. The van der Waals surface area contributed by atoms with E-state index in [1.54, 1.807) is 12.3 Å². The predicted octanol–water partition coefficient (Wildman–Crippen LogP) is 5.38. The fraction of sp³-hybridized carbons (Fsp3) is 0.304. The summed E-state index contributed by atoms with van der Waals surface area (Å²) < 4.78 is 5.69. The van der Waals surface area contributed by atoms with Gasteiger partial charge in [0.05, 0.1) is 12.2 Å². The molecule has 0 fully saturated rings. The van der Waals surface area contributed by atoms with Gasteiger partial charge >= 0.3 is 0 Å². The first-order valence-corrected chi connectivity index (χ1v) is 10.0. The van der Waals surface area contributed by atoms with Crippen LogP contribution in [0.25, 0.3) is 11.5 Å². The number of amides is 1. The van der Waals surface area contributed by atoms with E-state index < -0.39 is 0 Å². The molecule has 1 heterocycles. The predicted molar refractivity (Wildman–Crippen MR) is 117 cm³/mol. The molecule has 0 atom stereocenters. The topological polar surface area (TPSA) is 58.4 Å². The maximum atomic E-state index is 12.5. The van der Waals surface area contributed by atoms with Gasteiger partial charge in [-0.2, -0.15) is 0 Å². The molecule has 0 spiro atoms. The Kier molecular flexibility index (Phi) is 6.72. The molecular weight excluding hydrogens is 386 g/mol. The minimum atomic E-state index is -0.0877. The number of aromatic nitrogens is 1. The number of carbonyl (C=O) groups is 1. The van der Waals surface area contributed by atoms with Crippen LogP contribution in [-0.2, 0) is 11.3 Å². The highest BCUT2D eigenvalue weighted by Gasteiger charge is 2.15. The third kappa shape index (κ3) is 5.46. The number of oxazole rings is 1. The van der Waals surface area contributed by atoms with Crippen LogP contribution in [0.15, 0.2) is 47.1 Å². The number of aryl methyl sites for hydroxylation is 3. The number of hydrogen-bond acceptors (Lipinski definition) is 4. The standard InChI is InChI=1S/C23H26ClN3O2/c1-5-27(13-22(28)26-21-11-18(24)8-7-16(21)3)12-19-14-29-23(25-19)20-9-6-15(2)10-17(20)4/h6-11,14H,5,12-13H2,1-4H3,(H,26,28). The van der Waals surface area contributed by atoms with Crippen LogP contribution in [0.3, 0.4) is 0 Å². The van der Waals surface area contributed by atoms with Crippen molar-refractivity contribution in [2.24, 2.45) is 0 Å². The summed E-state index contributed by atoms with van der Waals surface area (Å²) >= 11 is 6.03. The first-order chi connectivity index (χ1) is 13.9. The molecule has 6 heteroatoms. The Morgan fingerprint density at radius 2 is 1.93 bits per heavy atom. The maximum Gasteiger partial charge on any atom is 0.238 e. The van der Waals surface area contributed by atoms with E-state index in [2.05, 4.69) is 23.3 Å². The van der Waals surface area contributed by atoms with Gasteiger partial charge in [-0.25, -0.2) is 4.98 Å². The van der Waals surface area contributed by atoms with Crippen molar-refractivity contribution in [2.45, 2.75) is 34.2 Å². The van der Waals surface area contributed by atoms with Crippen molar-refractivity contribution in [3.8, 4) is 11.5 Å². The Bertz CT molecular complexity index is 1010. The average molecular weight is 412 g/mol. The highest BCUT2D eigenvalue weighted by molar-refractivity contribution is 6.31. The van der Waals surface area contributed by atoms with E-state index in [-0.39, 0.29) is 12.5 Å². The summed E-state index contributed by atoms with van der Waals surface area (Å²) in [5.74, 6) is 0.517. The van der Waals surface area contributed by atoms with E-state index in [9.17, 15) is 4.79 Å². The van der Waals surface area contributed by atoms with Crippen LogP contribution < -0.4 is 5.32 Å². The van der Waals surface area contributed by atoms with Gasteiger partial charge in [0.2, 0.25) is 11.8 Å². The Morgan fingerprint density at radius 3 is 2.66 bits per heavy atom. The Balaban J connectivity index is 1.65. The van der Waals surface area contributed by atoms with Gasteiger partial charge in [0.15, 0.2) is 0 Å². The molecule has 5 nitrogen and oxygen atoms in total. The van der Waals surface area contributed by atoms with Crippen molar-refractivity contribution in [1.29, 1.82) is 0 Å². The molecular formula is C23H26ClN3O2. The molecule has 3 rings (SSSR count). The normalized spacial score (nSPS) is 11.1. The summed E-state index contributed by atoms with van der Waals surface area (Å²) in [6, 6.07) is 11.6.